The molecule has 2 aromatic heterocycles. The molecule has 2 heterocycles. The van der Waals surface area contributed by atoms with Crippen LogP contribution in [0.4, 0.5) is 5.69 Å². The number of carbonyl (C=O) groups is 3. The number of amides is 2. The van der Waals surface area contributed by atoms with Crippen LogP contribution in [0.1, 0.15) is 42.9 Å². The predicted octanol–water partition coefficient (Wildman–Crippen LogP) is 2.57. The Hall–Kier alpha value is -3.36. The molecule has 0 aliphatic heterocycles. The van der Waals surface area contributed by atoms with Crippen molar-refractivity contribution in [2.75, 3.05) is 5.32 Å². The third-order valence-corrected chi connectivity index (χ3v) is 6.31. The standard InChI is InChI=1S/C22H26N4O5/c1-11(2)16-13-6-7-14(16)18(22(29)30)17(13)20(27)24-15-10-26(3)25-19(15)21(28)23-9-12-5-4-8-31-12/h4-5,8,10,13-14,17-18H,6-7,9H2,1-3H3,(H,23,28)(H,24,27)(H,29,30)/t13-,14-,17+,18+/m1/s1. The van der Waals surface area contributed by atoms with Crippen molar-refractivity contribution in [3.63, 3.8) is 0 Å². The highest BCUT2D eigenvalue weighted by molar-refractivity contribution is 6.03. The summed E-state index contributed by atoms with van der Waals surface area (Å²) in [6.07, 6.45) is 4.66. The largest absolute Gasteiger partial charge is 0.481 e. The van der Waals surface area contributed by atoms with Crippen molar-refractivity contribution in [1.82, 2.24) is 15.1 Å². The summed E-state index contributed by atoms with van der Waals surface area (Å²) in [5.41, 5.74) is 2.53. The minimum absolute atomic E-state index is 0.0693. The molecule has 2 aromatic rings. The first kappa shape index (κ1) is 20.9. The van der Waals surface area contributed by atoms with Gasteiger partial charge in [-0.15, -0.1) is 0 Å². The van der Waals surface area contributed by atoms with E-state index in [2.05, 4.69) is 15.7 Å². The van der Waals surface area contributed by atoms with Crippen LogP contribution in [0.2, 0.25) is 0 Å². The fourth-order valence-electron chi connectivity index (χ4n) is 5.23. The minimum atomic E-state index is -0.950. The number of aromatic nitrogens is 2. The number of carbonyl (C=O) groups excluding carboxylic acids is 2. The van der Waals surface area contributed by atoms with Gasteiger partial charge in [0.15, 0.2) is 5.69 Å². The van der Waals surface area contributed by atoms with Gasteiger partial charge in [-0.25, -0.2) is 0 Å². The van der Waals surface area contributed by atoms with E-state index < -0.39 is 23.7 Å². The topological polar surface area (TPSA) is 126 Å². The first-order valence-electron chi connectivity index (χ1n) is 10.3. The number of hydrogen-bond donors (Lipinski definition) is 3. The molecule has 4 atom stereocenters. The van der Waals surface area contributed by atoms with Crippen LogP contribution in [0, 0.1) is 23.7 Å². The van der Waals surface area contributed by atoms with E-state index in [4.69, 9.17) is 4.42 Å². The van der Waals surface area contributed by atoms with Crippen LogP contribution >= 0.6 is 0 Å². The van der Waals surface area contributed by atoms with Crippen molar-refractivity contribution in [3.05, 3.63) is 47.2 Å². The van der Waals surface area contributed by atoms with E-state index in [9.17, 15) is 19.5 Å². The Morgan fingerprint density at radius 3 is 2.55 bits per heavy atom. The summed E-state index contributed by atoms with van der Waals surface area (Å²) in [6, 6.07) is 3.46. The lowest BCUT2D eigenvalue weighted by Crippen LogP contribution is -2.38. The van der Waals surface area contributed by atoms with Gasteiger partial charge in [0.2, 0.25) is 5.91 Å². The number of hydrogen-bond acceptors (Lipinski definition) is 5. The molecule has 2 aliphatic carbocycles. The first-order chi connectivity index (χ1) is 14.8. The van der Waals surface area contributed by atoms with Gasteiger partial charge >= 0.3 is 5.97 Å². The van der Waals surface area contributed by atoms with Crippen LogP contribution < -0.4 is 10.6 Å². The molecular formula is C22H26N4O5. The highest BCUT2D eigenvalue weighted by Gasteiger charge is 2.57. The van der Waals surface area contributed by atoms with Crippen molar-refractivity contribution in [2.24, 2.45) is 30.7 Å². The van der Waals surface area contributed by atoms with Gasteiger partial charge in [0, 0.05) is 13.2 Å². The van der Waals surface area contributed by atoms with Crippen LogP contribution in [-0.2, 0) is 23.2 Å². The van der Waals surface area contributed by atoms with Gasteiger partial charge < -0.3 is 20.2 Å². The number of nitrogens with zero attached hydrogens (tertiary/aromatic N) is 2. The molecule has 0 saturated heterocycles. The maximum Gasteiger partial charge on any atom is 0.307 e. The molecule has 2 saturated carbocycles. The number of carboxylic acid groups (broad SMARTS) is 1. The number of aliphatic carboxylic acids is 1. The second kappa shape index (κ2) is 8.05. The lowest BCUT2D eigenvalue weighted by atomic mass is 9.78. The smallest absolute Gasteiger partial charge is 0.307 e. The number of aryl methyl sites for hydroxylation is 1. The molecule has 2 bridgehead atoms. The lowest BCUT2D eigenvalue weighted by Gasteiger charge is -2.26. The Balaban J connectivity index is 1.54. The van der Waals surface area contributed by atoms with E-state index in [0.29, 0.717) is 5.76 Å². The van der Waals surface area contributed by atoms with E-state index in [0.717, 1.165) is 24.0 Å². The van der Waals surface area contributed by atoms with E-state index in [-0.39, 0.29) is 35.7 Å². The summed E-state index contributed by atoms with van der Waals surface area (Å²) in [5, 5.41) is 19.5. The van der Waals surface area contributed by atoms with E-state index >= 15 is 0 Å². The van der Waals surface area contributed by atoms with Gasteiger partial charge in [-0.3, -0.25) is 19.1 Å². The monoisotopic (exact) mass is 426 g/mol. The van der Waals surface area contributed by atoms with Gasteiger partial charge in [0.25, 0.3) is 5.91 Å². The van der Waals surface area contributed by atoms with Crippen LogP contribution in [0.25, 0.3) is 0 Å². The van der Waals surface area contributed by atoms with Crippen molar-refractivity contribution in [2.45, 2.75) is 33.2 Å². The average molecular weight is 426 g/mol. The van der Waals surface area contributed by atoms with E-state index in [1.807, 2.05) is 13.8 Å². The third kappa shape index (κ3) is 3.75. The Kier molecular flexibility index (Phi) is 5.43. The van der Waals surface area contributed by atoms with Gasteiger partial charge in [-0.1, -0.05) is 11.1 Å². The van der Waals surface area contributed by atoms with Gasteiger partial charge in [-0.05, 0) is 50.7 Å². The summed E-state index contributed by atoms with van der Waals surface area (Å²) in [5.74, 6) is -2.80. The molecule has 3 N–H and O–H groups in total. The van der Waals surface area contributed by atoms with Crippen molar-refractivity contribution >= 4 is 23.5 Å². The molecule has 0 unspecified atom stereocenters. The second-order valence-corrected chi connectivity index (χ2v) is 8.45. The Labute approximate surface area is 179 Å². The zero-order valence-corrected chi connectivity index (χ0v) is 17.7. The molecule has 0 spiro atoms. The van der Waals surface area contributed by atoms with Crippen LogP contribution in [-0.4, -0.2) is 32.7 Å². The Morgan fingerprint density at radius 1 is 1.23 bits per heavy atom. The number of anilines is 1. The second-order valence-electron chi connectivity index (χ2n) is 8.45. The number of rotatable bonds is 6. The molecule has 2 aliphatic rings. The van der Waals surface area contributed by atoms with Crippen molar-refractivity contribution < 1.29 is 23.9 Å². The van der Waals surface area contributed by atoms with Crippen LogP contribution in [0.5, 0.6) is 0 Å². The summed E-state index contributed by atoms with van der Waals surface area (Å²) in [7, 11) is 1.65. The molecular weight excluding hydrogens is 400 g/mol. The zero-order valence-electron chi connectivity index (χ0n) is 17.7. The highest BCUT2D eigenvalue weighted by Crippen LogP contribution is 2.57. The quantitative estimate of drug-likeness (QED) is 0.610. The fraction of sp³-hybridized carbons (Fsp3) is 0.455. The predicted molar refractivity (Wildman–Crippen MR) is 111 cm³/mol. The normalized spacial score (nSPS) is 24.3. The summed E-state index contributed by atoms with van der Waals surface area (Å²) in [6.45, 7) is 4.14. The minimum Gasteiger partial charge on any atom is -0.481 e. The molecule has 9 heteroatoms. The van der Waals surface area contributed by atoms with Crippen LogP contribution in [0.15, 0.2) is 40.2 Å². The van der Waals surface area contributed by atoms with E-state index in [1.54, 1.807) is 25.4 Å². The number of carboxylic acids is 1. The molecule has 9 nitrogen and oxygen atoms in total. The molecule has 2 amide bonds. The number of allylic oxidation sites excluding steroid dienone is 2. The maximum absolute atomic E-state index is 13.2. The first-order valence-corrected chi connectivity index (χ1v) is 10.3. The summed E-state index contributed by atoms with van der Waals surface area (Å²) in [4.78, 5) is 37.9. The lowest BCUT2D eigenvalue weighted by molar-refractivity contribution is -0.148. The van der Waals surface area contributed by atoms with Gasteiger partial charge in [0.1, 0.15) is 5.76 Å². The maximum atomic E-state index is 13.2. The average Bonchev–Trinajstić information content (AvgIpc) is 3.48. The number of nitrogens with one attached hydrogen (secondary N) is 2. The van der Waals surface area contributed by atoms with Crippen molar-refractivity contribution in [3.8, 4) is 0 Å². The fourth-order valence-corrected chi connectivity index (χ4v) is 5.23. The van der Waals surface area contributed by atoms with E-state index in [1.165, 1.54) is 10.9 Å². The zero-order chi connectivity index (χ0) is 22.3. The number of furan rings is 1. The van der Waals surface area contributed by atoms with Crippen molar-refractivity contribution in [1.29, 1.82) is 0 Å². The number of fused-ring (bicyclic) bond motifs is 2. The SMILES string of the molecule is CC(C)=C1[C@H]2CC[C@H]1[C@H](C(=O)Nc1cn(C)nc1C(=O)NCc1ccco1)[C@H]2C(=O)O. The van der Waals surface area contributed by atoms with Crippen LogP contribution in [0.3, 0.4) is 0 Å². The van der Waals surface area contributed by atoms with Gasteiger partial charge in [-0.2, -0.15) is 5.10 Å². The molecule has 31 heavy (non-hydrogen) atoms. The molecule has 0 radical (unpaired) electrons. The Morgan fingerprint density at radius 2 is 1.94 bits per heavy atom. The third-order valence-electron chi connectivity index (χ3n) is 6.31. The molecule has 164 valence electrons. The molecule has 4 rings (SSSR count). The highest BCUT2D eigenvalue weighted by atomic mass is 16.4. The van der Waals surface area contributed by atoms with Gasteiger partial charge in [0.05, 0.1) is 30.3 Å². The summed E-state index contributed by atoms with van der Waals surface area (Å²) < 4.78 is 6.65. The Bertz CT molecular complexity index is 1050. The molecule has 2 fully saturated rings. The summed E-state index contributed by atoms with van der Waals surface area (Å²) >= 11 is 0. The molecule has 0 aromatic carbocycles.